The number of amides is 1. The number of carbonyl (C=O) groups is 1. The van der Waals surface area contributed by atoms with Crippen LogP contribution in [-0.4, -0.2) is 44.3 Å². The first-order valence-electron chi connectivity index (χ1n) is 4.18. The Bertz CT molecular complexity index is 180. The molecule has 1 amide bonds. The van der Waals surface area contributed by atoms with Gasteiger partial charge in [-0.3, -0.25) is 4.79 Å². The summed E-state index contributed by atoms with van der Waals surface area (Å²) in [6.07, 6.45) is 0.812. The third-order valence-electron chi connectivity index (χ3n) is 2.23. The lowest BCUT2D eigenvalue weighted by atomic mass is 10.0. The molecule has 0 aliphatic carbocycles. The van der Waals surface area contributed by atoms with Crippen molar-refractivity contribution in [2.75, 3.05) is 32.7 Å². The van der Waals surface area contributed by atoms with Gasteiger partial charge in [0.2, 0.25) is 5.91 Å². The first-order chi connectivity index (χ1) is 6.22. The summed E-state index contributed by atoms with van der Waals surface area (Å²) >= 11 is 5.34. The highest BCUT2D eigenvalue weighted by molar-refractivity contribution is 6.27. The number of hydrogen-bond donors (Lipinski definition) is 1. The van der Waals surface area contributed by atoms with Crippen molar-refractivity contribution in [2.45, 2.75) is 12.0 Å². The molecule has 1 heterocycles. The molecule has 4 nitrogen and oxygen atoms in total. The van der Waals surface area contributed by atoms with E-state index in [2.05, 4.69) is 5.32 Å². The molecule has 0 saturated carbocycles. The van der Waals surface area contributed by atoms with Gasteiger partial charge in [-0.25, -0.2) is 0 Å². The van der Waals surface area contributed by atoms with E-state index >= 15 is 0 Å². The molecule has 1 saturated heterocycles. The molecule has 0 aromatic rings. The van der Waals surface area contributed by atoms with E-state index in [0.29, 0.717) is 19.8 Å². The number of hydrogen-bond acceptors (Lipinski definition) is 3. The van der Waals surface area contributed by atoms with Crippen LogP contribution >= 0.6 is 11.6 Å². The molecule has 1 unspecified atom stereocenters. The highest BCUT2D eigenvalue weighted by atomic mass is 35.5. The quantitative estimate of drug-likeness (QED) is 0.668. The second-order valence-corrected chi connectivity index (χ2v) is 3.37. The van der Waals surface area contributed by atoms with Gasteiger partial charge in [0.25, 0.3) is 0 Å². The van der Waals surface area contributed by atoms with Crippen molar-refractivity contribution >= 4 is 17.5 Å². The number of nitrogens with one attached hydrogen (secondary N) is 1. The lowest BCUT2D eigenvalue weighted by Gasteiger charge is -2.25. The molecule has 1 atom stereocenters. The number of alkyl halides is 1. The fraction of sp³-hybridized carbons (Fsp3) is 0.875. The Balaban J connectivity index is 2.35. The van der Waals surface area contributed by atoms with Crippen molar-refractivity contribution in [3.05, 3.63) is 0 Å². The van der Waals surface area contributed by atoms with Crippen LogP contribution in [0.3, 0.4) is 0 Å². The van der Waals surface area contributed by atoms with E-state index in [1.165, 1.54) is 0 Å². The maximum atomic E-state index is 10.9. The third kappa shape index (κ3) is 2.83. The van der Waals surface area contributed by atoms with Gasteiger partial charge in [0.1, 0.15) is 11.5 Å². The van der Waals surface area contributed by atoms with Crippen LogP contribution < -0.4 is 5.32 Å². The van der Waals surface area contributed by atoms with Crippen LogP contribution in [0.2, 0.25) is 0 Å². The van der Waals surface area contributed by atoms with Crippen LogP contribution in [-0.2, 0) is 14.3 Å². The highest BCUT2D eigenvalue weighted by Gasteiger charge is 2.34. The summed E-state index contributed by atoms with van der Waals surface area (Å²) in [4.78, 5) is 10.9. The normalized spacial score (nSPS) is 27.5. The standard InChI is InChI=1S/C8H14ClNO3/c1-12-8(2-3-13-6-8)5-10-7(11)4-9/h2-6H2,1H3,(H,10,11). The Kier molecular flexibility index (Phi) is 3.96. The van der Waals surface area contributed by atoms with Crippen LogP contribution in [0, 0.1) is 0 Å². The Morgan fingerprint density at radius 3 is 3.00 bits per heavy atom. The molecule has 1 rings (SSSR count). The van der Waals surface area contributed by atoms with Crippen molar-refractivity contribution in [1.82, 2.24) is 5.32 Å². The topological polar surface area (TPSA) is 47.6 Å². The molecule has 0 aromatic heterocycles. The van der Waals surface area contributed by atoms with Crippen molar-refractivity contribution < 1.29 is 14.3 Å². The van der Waals surface area contributed by atoms with Gasteiger partial charge in [-0.2, -0.15) is 0 Å². The van der Waals surface area contributed by atoms with E-state index in [0.717, 1.165) is 6.42 Å². The lowest BCUT2D eigenvalue weighted by molar-refractivity contribution is -0.120. The average molecular weight is 208 g/mol. The highest BCUT2D eigenvalue weighted by Crippen LogP contribution is 2.21. The molecule has 0 spiro atoms. The van der Waals surface area contributed by atoms with E-state index in [-0.39, 0.29) is 17.4 Å². The predicted octanol–water partition coefficient (Wildman–Crippen LogP) is 0.147. The van der Waals surface area contributed by atoms with Crippen LogP contribution in [0.25, 0.3) is 0 Å². The van der Waals surface area contributed by atoms with Gasteiger partial charge in [-0.15, -0.1) is 11.6 Å². The fourth-order valence-electron chi connectivity index (χ4n) is 1.27. The molecule has 0 aromatic carbocycles. The second kappa shape index (κ2) is 4.79. The Hall–Kier alpha value is -0.320. The van der Waals surface area contributed by atoms with Gasteiger partial charge in [0, 0.05) is 26.7 Å². The molecular formula is C8H14ClNO3. The summed E-state index contributed by atoms with van der Waals surface area (Å²) < 4.78 is 10.5. The zero-order chi connectivity index (χ0) is 9.73. The second-order valence-electron chi connectivity index (χ2n) is 3.10. The van der Waals surface area contributed by atoms with Gasteiger partial charge < -0.3 is 14.8 Å². The maximum Gasteiger partial charge on any atom is 0.235 e. The first kappa shape index (κ1) is 10.8. The lowest BCUT2D eigenvalue weighted by Crippen LogP contribution is -2.45. The van der Waals surface area contributed by atoms with Crippen LogP contribution in [0.5, 0.6) is 0 Å². The van der Waals surface area contributed by atoms with Gasteiger partial charge in [-0.05, 0) is 0 Å². The van der Waals surface area contributed by atoms with Crippen LogP contribution in [0.15, 0.2) is 0 Å². The summed E-state index contributed by atoms with van der Waals surface area (Å²) in [5.41, 5.74) is -0.346. The van der Waals surface area contributed by atoms with Gasteiger partial charge >= 0.3 is 0 Å². The molecule has 1 fully saturated rings. The summed E-state index contributed by atoms with van der Waals surface area (Å²) in [6.45, 7) is 1.69. The minimum Gasteiger partial charge on any atom is -0.378 e. The van der Waals surface area contributed by atoms with Crippen molar-refractivity contribution in [2.24, 2.45) is 0 Å². The molecule has 1 aliphatic rings. The van der Waals surface area contributed by atoms with Gasteiger partial charge in [-0.1, -0.05) is 0 Å². The van der Waals surface area contributed by atoms with E-state index < -0.39 is 0 Å². The van der Waals surface area contributed by atoms with Crippen molar-refractivity contribution in [3.8, 4) is 0 Å². The summed E-state index contributed by atoms with van der Waals surface area (Å²) in [5.74, 6) is -0.189. The predicted molar refractivity (Wildman–Crippen MR) is 48.9 cm³/mol. The monoisotopic (exact) mass is 207 g/mol. The Morgan fingerprint density at radius 2 is 2.54 bits per heavy atom. The third-order valence-corrected chi connectivity index (χ3v) is 2.47. The molecule has 0 bridgehead atoms. The Labute approximate surface area is 82.5 Å². The minimum atomic E-state index is -0.346. The van der Waals surface area contributed by atoms with E-state index in [9.17, 15) is 4.79 Å². The molecule has 1 aliphatic heterocycles. The largest absolute Gasteiger partial charge is 0.378 e. The first-order valence-corrected chi connectivity index (χ1v) is 4.71. The van der Waals surface area contributed by atoms with E-state index in [1.807, 2.05) is 0 Å². The van der Waals surface area contributed by atoms with Crippen molar-refractivity contribution in [3.63, 3.8) is 0 Å². The Morgan fingerprint density at radius 1 is 1.77 bits per heavy atom. The van der Waals surface area contributed by atoms with Crippen LogP contribution in [0.1, 0.15) is 6.42 Å². The number of rotatable bonds is 4. The maximum absolute atomic E-state index is 10.9. The van der Waals surface area contributed by atoms with E-state index in [4.69, 9.17) is 21.1 Å². The van der Waals surface area contributed by atoms with Gasteiger partial charge in [0.15, 0.2) is 0 Å². The van der Waals surface area contributed by atoms with E-state index in [1.54, 1.807) is 7.11 Å². The number of ether oxygens (including phenoxy) is 2. The molecule has 76 valence electrons. The van der Waals surface area contributed by atoms with Gasteiger partial charge in [0.05, 0.1) is 6.61 Å². The average Bonchev–Trinajstić information content (AvgIpc) is 2.63. The summed E-state index contributed by atoms with van der Waals surface area (Å²) in [5, 5.41) is 2.69. The van der Waals surface area contributed by atoms with Crippen LogP contribution in [0.4, 0.5) is 0 Å². The molecule has 13 heavy (non-hydrogen) atoms. The SMILES string of the molecule is COC1(CNC(=O)CCl)CCOC1. The smallest absolute Gasteiger partial charge is 0.235 e. The minimum absolute atomic E-state index is 0.0132. The van der Waals surface area contributed by atoms with Crippen molar-refractivity contribution in [1.29, 1.82) is 0 Å². The molecule has 1 N–H and O–H groups in total. The fourth-order valence-corrected chi connectivity index (χ4v) is 1.36. The number of carbonyl (C=O) groups excluding carboxylic acids is 1. The summed E-state index contributed by atoms with van der Waals surface area (Å²) in [7, 11) is 1.63. The molecule has 0 radical (unpaired) electrons. The number of halogens is 1. The number of methoxy groups -OCH3 is 1. The summed E-state index contributed by atoms with van der Waals surface area (Å²) in [6, 6.07) is 0. The molecule has 5 heteroatoms. The molecular weight excluding hydrogens is 194 g/mol. The zero-order valence-electron chi connectivity index (χ0n) is 7.64. The zero-order valence-corrected chi connectivity index (χ0v) is 8.39.